The number of hydrogen-bond acceptors (Lipinski definition) is 4. The van der Waals surface area contributed by atoms with E-state index in [4.69, 9.17) is 22.3 Å². The molecular weight excluding hydrogens is 224 g/mol. The van der Waals surface area contributed by atoms with E-state index in [1.807, 2.05) is 18.2 Å². The third kappa shape index (κ3) is 4.07. The van der Waals surface area contributed by atoms with Crippen molar-refractivity contribution in [3.05, 3.63) is 35.4 Å². The molecule has 0 bridgehead atoms. The van der Waals surface area contributed by atoms with Crippen LogP contribution in [0.5, 0.6) is 0 Å². The van der Waals surface area contributed by atoms with E-state index in [2.05, 4.69) is 0 Å². The zero-order valence-electron chi connectivity index (χ0n) is 7.45. The van der Waals surface area contributed by atoms with Crippen molar-refractivity contribution in [2.24, 2.45) is 0 Å². The molecule has 6 nitrogen and oxygen atoms in total. The Kier molecular flexibility index (Phi) is 3.40. The monoisotopic (exact) mass is 232 g/mol. The van der Waals surface area contributed by atoms with Gasteiger partial charge in [-0.3, -0.25) is 9.11 Å². The van der Waals surface area contributed by atoms with Gasteiger partial charge in [-0.05, 0) is 6.07 Å². The first-order chi connectivity index (χ1) is 6.88. The number of hydrogen-bond donors (Lipinski definition) is 2. The number of rotatable bonds is 0. The van der Waals surface area contributed by atoms with Gasteiger partial charge in [0.15, 0.2) is 0 Å². The number of ether oxygens (including phenoxy) is 1. The van der Waals surface area contributed by atoms with Gasteiger partial charge >= 0.3 is 16.4 Å². The predicted octanol–water partition coefficient (Wildman–Crippen LogP) is 0.704. The lowest BCUT2D eigenvalue weighted by atomic mass is 10.1. The minimum atomic E-state index is -4.67. The maximum Gasteiger partial charge on any atom is 0.394 e. The van der Waals surface area contributed by atoms with Crippen molar-refractivity contribution in [1.29, 1.82) is 0 Å². The molecule has 0 atom stereocenters. The largest absolute Gasteiger partial charge is 0.457 e. The molecule has 0 saturated carbocycles. The average Bonchev–Trinajstić information content (AvgIpc) is 2.46. The van der Waals surface area contributed by atoms with E-state index in [1.165, 1.54) is 0 Å². The van der Waals surface area contributed by atoms with Gasteiger partial charge in [-0.15, -0.1) is 0 Å². The van der Waals surface area contributed by atoms with Gasteiger partial charge in [0.25, 0.3) is 0 Å². The van der Waals surface area contributed by atoms with Gasteiger partial charge in [0, 0.05) is 5.56 Å². The van der Waals surface area contributed by atoms with Crippen LogP contribution in [-0.2, 0) is 21.7 Å². The maximum absolute atomic E-state index is 10.8. The second-order valence-electron chi connectivity index (χ2n) is 2.68. The number of cyclic esters (lactones) is 1. The lowest BCUT2D eigenvalue weighted by molar-refractivity contribution is 0.0535. The second-order valence-corrected chi connectivity index (χ2v) is 3.58. The molecule has 82 valence electrons. The highest BCUT2D eigenvalue weighted by atomic mass is 32.3. The molecule has 1 heterocycles. The zero-order valence-corrected chi connectivity index (χ0v) is 8.27. The van der Waals surface area contributed by atoms with Gasteiger partial charge in [0.2, 0.25) is 0 Å². The van der Waals surface area contributed by atoms with Crippen LogP contribution in [0.25, 0.3) is 0 Å². The van der Waals surface area contributed by atoms with Crippen molar-refractivity contribution in [3.63, 3.8) is 0 Å². The van der Waals surface area contributed by atoms with Crippen LogP contribution in [-0.4, -0.2) is 23.5 Å². The van der Waals surface area contributed by atoms with E-state index >= 15 is 0 Å². The highest BCUT2D eigenvalue weighted by Gasteiger charge is 2.18. The maximum atomic E-state index is 10.8. The molecule has 7 heteroatoms. The van der Waals surface area contributed by atoms with Crippen LogP contribution in [0.1, 0.15) is 15.9 Å². The molecule has 0 radical (unpaired) electrons. The van der Waals surface area contributed by atoms with Gasteiger partial charge in [-0.1, -0.05) is 18.2 Å². The summed E-state index contributed by atoms with van der Waals surface area (Å²) in [6.07, 6.45) is 0. The van der Waals surface area contributed by atoms with E-state index in [-0.39, 0.29) is 5.97 Å². The zero-order chi connectivity index (χ0) is 11.5. The smallest absolute Gasteiger partial charge is 0.394 e. The summed E-state index contributed by atoms with van der Waals surface area (Å²) in [6, 6.07) is 7.43. The third-order valence-electron chi connectivity index (χ3n) is 1.60. The van der Waals surface area contributed by atoms with Crippen LogP contribution < -0.4 is 0 Å². The Balaban J connectivity index is 0.000000195. The quantitative estimate of drug-likeness (QED) is 0.504. The summed E-state index contributed by atoms with van der Waals surface area (Å²) in [7, 11) is -4.67. The van der Waals surface area contributed by atoms with Crippen LogP contribution in [0, 0.1) is 0 Å². The molecule has 1 aromatic rings. The Hall–Kier alpha value is -1.44. The molecule has 0 aliphatic carbocycles. The minimum Gasteiger partial charge on any atom is -0.457 e. The predicted molar refractivity (Wildman–Crippen MR) is 49.7 cm³/mol. The van der Waals surface area contributed by atoms with Crippen LogP contribution in [0.3, 0.4) is 0 Å². The highest BCUT2D eigenvalue weighted by Crippen LogP contribution is 2.17. The molecule has 2 N–H and O–H groups in total. The van der Waals surface area contributed by atoms with Crippen molar-refractivity contribution in [1.82, 2.24) is 0 Å². The Labute approximate surface area is 86.1 Å². The van der Waals surface area contributed by atoms with Crippen molar-refractivity contribution >= 4 is 16.4 Å². The normalized spacial score (nSPS) is 13.6. The van der Waals surface area contributed by atoms with Crippen LogP contribution in [0.2, 0.25) is 0 Å². The molecule has 2 rings (SSSR count). The fraction of sp³-hybridized carbons (Fsp3) is 0.125. The van der Waals surface area contributed by atoms with Crippen LogP contribution >= 0.6 is 0 Å². The summed E-state index contributed by atoms with van der Waals surface area (Å²) in [4.78, 5) is 10.8. The van der Waals surface area contributed by atoms with Crippen molar-refractivity contribution in [2.75, 3.05) is 0 Å². The lowest BCUT2D eigenvalue weighted by Gasteiger charge is -1.87. The van der Waals surface area contributed by atoms with E-state index in [1.54, 1.807) is 6.07 Å². The SMILES string of the molecule is O=C1OCc2ccccc21.O=S(=O)(O)O. The van der Waals surface area contributed by atoms with E-state index in [0.29, 0.717) is 12.2 Å². The van der Waals surface area contributed by atoms with Gasteiger partial charge in [-0.2, -0.15) is 8.42 Å². The number of benzene rings is 1. The third-order valence-corrected chi connectivity index (χ3v) is 1.60. The van der Waals surface area contributed by atoms with Gasteiger partial charge < -0.3 is 4.74 Å². The van der Waals surface area contributed by atoms with E-state index < -0.39 is 10.4 Å². The molecule has 1 aromatic carbocycles. The minimum absolute atomic E-state index is 0.199. The summed E-state index contributed by atoms with van der Waals surface area (Å²) in [5.74, 6) is -0.199. The van der Waals surface area contributed by atoms with Crippen molar-refractivity contribution in [2.45, 2.75) is 6.61 Å². The topological polar surface area (TPSA) is 101 Å². The van der Waals surface area contributed by atoms with Crippen LogP contribution in [0.4, 0.5) is 0 Å². The number of carbonyl (C=O) groups is 1. The van der Waals surface area contributed by atoms with Gasteiger partial charge in [-0.25, -0.2) is 4.79 Å². The molecule has 0 amide bonds. The first-order valence-electron chi connectivity index (χ1n) is 3.83. The highest BCUT2D eigenvalue weighted by molar-refractivity contribution is 7.79. The fourth-order valence-electron chi connectivity index (χ4n) is 1.07. The molecule has 15 heavy (non-hydrogen) atoms. The first kappa shape index (κ1) is 11.6. The summed E-state index contributed by atoms with van der Waals surface area (Å²) >= 11 is 0. The van der Waals surface area contributed by atoms with Crippen molar-refractivity contribution < 1.29 is 27.1 Å². The molecule has 0 spiro atoms. The van der Waals surface area contributed by atoms with Gasteiger partial charge in [0.05, 0.1) is 5.56 Å². The van der Waals surface area contributed by atoms with Gasteiger partial charge in [0.1, 0.15) is 6.61 Å². The summed E-state index contributed by atoms with van der Waals surface area (Å²) in [5, 5.41) is 0. The van der Waals surface area contributed by atoms with Crippen molar-refractivity contribution in [3.8, 4) is 0 Å². The second kappa shape index (κ2) is 4.39. The molecule has 0 fully saturated rings. The van der Waals surface area contributed by atoms with E-state index in [9.17, 15) is 4.79 Å². The summed E-state index contributed by atoms with van der Waals surface area (Å²) < 4.78 is 36.4. The Morgan fingerprint density at radius 3 is 2.27 bits per heavy atom. The summed E-state index contributed by atoms with van der Waals surface area (Å²) in [5.41, 5.74) is 1.70. The Morgan fingerprint density at radius 1 is 1.20 bits per heavy atom. The summed E-state index contributed by atoms with van der Waals surface area (Å²) in [6.45, 7) is 0.439. The average molecular weight is 232 g/mol. The number of fused-ring (bicyclic) bond motifs is 1. The Bertz CT molecular complexity index is 456. The lowest BCUT2D eigenvalue weighted by Crippen LogP contribution is -1.91. The van der Waals surface area contributed by atoms with E-state index in [0.717, 1.165) is 5.56 Å². The van der Waals surface area contributed by atoms with Crippen LogP contribution in [0.15, 0.2) is 24.3 Å². The molecule has 1 aliphatic heterocycles. The molecular formula is C8H8O6S. The molecule has 0 aromatic heterocycles. The molecule has 0 unspecified atom stereocenters. The number of carbonyl (C=O) groups excluding carboxylic acids is 1. The first-order valence-corrected chi connectivity index (χ1v) is 5.22. The fourth-order valence-corrected chi connectivity index (χ4v) is 1.07. The molecule has 1 aliphatic rings. The number of esters is 1. The molecule has 0 saturated heterocycles. The standard InChI is InChI=1S/C8H6O2.H2O4S/c9-8-7-4-2-1-3-6(7)5-10-8;1-5(2,3)4/h1-4H,5H2;(H2,1,2,3,4). The Morgan fingerprint density at radius 2 is 1.73 bits per heavy atom.